The lowest BCUT2D eigenvalue weighted by atomic mass is 9.88. The Morgan fingerprint density at radius 3 is 2.13 bits per heavy atom. The van der Waals surface area contributed by atoms with Crippen molar-refractivity contribution in [1.29, 1.82) is 0 Å². The molecule has 8 heteroatoms. The van der Waals surface area contributed by atoms with Crippen molar-refractivity contribution in [2.45, 2.75) is 38.3 Å². The van der Waals surface area contributed by atoms with E-state index in [1.165, 1.54) is 5.56 Å². The molecule has 1 atom stereocenters. The smallest absolute Gasteiger partial charge is 0.234 e. The van der Waals surface area contributed by atoms with Crippen LogP contribution >= 0.6 is 0 Å². The summed E-state index contributed by atoms with van der Waals surface area (Å²) in [6.07, 6.45) is 3.20. The molecule has 46 heavy (non-hydrogen) atoms. The predicted octanol–water partition coefficient (Wildman–Crippen LogP) is 6.41. The maximum Gasteiger partial charge on any atom is 0.234 e. The van der Waals surface area contributed by atoms with Crippen molar-refractivity contribution in [3.63, 3.8) is 0 Å². The molecule has 1 unspecified atom stereocenters. The van der Waals surface area contributed by atoms with Gasteiger partial charge in [-0.25, -0.2) is 0 Å². The van der Waals surface area contributed by atoms with Crippen molar-refractivity contribution < 1.29 is 28.5 Å². The van der Waals surface area contributed by atoms with Crippen molar-refractivity contribution in [2.75, 3.05) is 47.6 Å². The number of nitrogens with zero attached hydrogens (tertiary/aromatic N) is 1. The molecule has 1 aliphatic heterocycles. The van der Waals surface area contributed by atoms with Crippen LogP contribution in [0.25, 0.3) is 0 Å². The zero-order chi connectivity index (χ0) is 32.1. The van der Waals surface area contributed by atoms with E-state index in [9.17, 15) is 4.79 Å². The zero-order valence-electron chi connectivity index (χ0n) is 27.0. The Balaban J connectivity index is 1.32. The molecule has 0 bridgehead atoms. The molecule has 0 aliphatic carbocycles. The third-order valence-electron chi connectivity index (χ3n) is 8.26. The van der Waals surface area contributed by atoms with Gasteiger partial charge in [0.25, 0.3) is 0 Å². The Morgan fingerprint density at radius 2 is 1.41 bits per heavy atom. The van der Waals surface area contributed by atoms with Gasteiger partial charge in [-0.15, -0.1) is 0 Å². The number of carbonyl (C=O) groups excluding carboxylic acids is 1. The summed E-state index contributed by atoms with van der Waals surface area (Å²) in [5, 5.41) is 3.10. The molecule has 4 aromatic carbocycles. The number of amides is 1. The van der Waals surface area contributed by atoms with Crippen LogP contribution in [0.3, 0.4) is 0 Å². The maximum absolute atomic E-state index is 13.2. The number of para-hydroxylation sites is 1. The maximum atomic E-state index is 13.2. The Kier molecular flexibility index (Phi) is 11.8. The minimum absolute atomic E-state index is 0.00711. The highest BCUT2D eigenvalue weighted by molar-refractivity contribution is 5.78. The summed E-state index contributed by atoms with van der Waals surface area (Å²) in [7, 11) is 4.95. The van der Waals surface area contributed by atoms with Gasteiger partial charge in [0.2, 0.25) is 5.91 Å². The molecule has 242 valence electrons. The molecule has 1 N–H and O–H groups in total. The molecule has 4 aromatic rings. The van der Waals surface area contributed by atoms with Gasteiger partial charge < -0.3 is 29.0 Å². The molecule has 8 nitrogen and oxygen atoms in total. The molecule has 5 rings (SSSR count). The second-order valence-electron chi connectivity index (χ2n) is 11.3. The fourth-order valence-electron chi connectivity index (χ4n) is 5.82. The van der Waals surface area contributed by atoms with E-state index in [0.29, 0.717) is 43.4 Å². The number of benzene rings is 4. The quantitative estimate of drug-likeness (QED) is 0.144. The fourth-order valence-corrected chi connectivity index (χ4v) is 5.82. The highest BCUT2D eigenvalue weighted by Crippen LogP contribution is 2.40. The monoisotopic (exact) mass is 624 g/mol. The topological polar surface area (TPSA) is 78.5 Å². The molecule has 0 saturated carbocycles. The summed E-state index contributed by atoms with van der Waals surface area (Å²) in [4.78, 5) is 15.5. The second-order valence-corrected chi connectivity index (χ2v) is 11.3. The van der Waals surface area contributed by atoms with E-state index < -0.39 is 0 Å². The summed E-state index contributed by atoms with van der Waals surface area (Å²) in [5.74, 6) is 3.65. The SMILES string of the molecule is COc1ccc(CC2c3cc(OCCCCOc4ccccc4)c(OC)cc3CCN2CC(=O)NCc2ccccc2)cc1OC. The highest BCUT2D eigenvalue weighted by atomic mass is 16.5. The Labute approximate surface area is 272 Å². The largest absolute Gasteiger partial charge is 0.494 e. The highest BCUT2D eigenvalue weighted by Gasteiger charge is 2.31. The van der Waals surface area contributed by atoms with Crippen molar-refractivity contribution in [2.24, 2.45) is 0 Å². The summed E-state index contributed by atoms with van der Waals surface area (Å²) in [5.41, 5.74) is 4.50. The first kappa shape index (κ1) is 32.7. The molecule has 0 spiro atoms. The van der Waals surface area contributed by atoms with Crippen LogP contribution in [0.15, 0.2) is 91.0 Å². The first-order valence-electron chi connectivity index (χ1n) is 15.8. The van der Waals surface area contributed by atoms with Gasteiger partial charge in [0.05, 0.1) is 41.1 Å². The van der Waals surface area contributed by atoms with Crippen LogP contribution in [0, 0.1) is 0 Å². The van der Waals surface area contributed by atoms with Crippen LogP contribution in [0.4, 0.5) is 0 Å². The number of rotatable bonds is 16. The van der Waals surface area contributed by atoms with Crippen LogP contribution in [0.2, 0.25) is 0 Å². The lowest BCUT2D eigenvalue weighted by Crippen LogP contribution is -2.43. The molecule has 0 radical (unpaired) electrons. The first-order chi connectivity index (χ1) is 22.6. The molecule has 1 heterocycles. The van der Waals surface area contributed by atoms with Gasteiger partial charge >= 0.3 is 0 Å². The predicted molar refractivity (Wildman–Crippen MR) is 179 cm³/mol. The Bertz CT molecular complexity index is 1550. The van der Waals surface area contributed by atoms with Gasteiger partial charge in [-0.05, 0) is 84.3 Å². The van der Waals surface area contributed by atoms with Crippen LogP contribution in [0.1, 0.15) is 41.1 Å². The number of hydrogen-bond donors (Lipinski definition) is 1. The molecular formula is C38H44N2O6. The number of fused-ring (bicyclic) bond motifs is 1. The van der Waals surface area contributed by atoms with Crippen molar-refractivity contribution in [1.82, 2.24) is 10.2 Å². The molecule has 0 fully saturated rings. The minimum atomic E-state index is -0.0585. The van der Waals surface area contributed by atoms with Gasteiger partial charge in [0, 0.05) is 19.1 Å². The van der Waals surface area contributed by atoms with Crippen molar-refractivity contribution in [3.8, 4) is 28.7 Å². The third-order valence-corrected chi connectivity index (χ3v) is 8.26. The van der Waals surface area contributed by atoms with Gasteiger partial charge in [0.15, 0.2) is 23.0 Å². The first-order valence-corrected chi connectivity index (χ1v) is 15.8. The summed E-state index contributed by atoms with van der Waals surface area (Å²) < 4.78 is 29.0. The lowest BCUT2D eigenvalue weighted by molar-refractivity contribution is -0.123. The molecular weight excluding hydrogens is 580 g/mol. The van der Waals surface area contributed by atoms with E-state index in [1.807, 2.05) is 72.8 Å². The molecule has 1 amide bonds. The molecule has 0 aromatic heterocycles. The van der Waals surface area contributed by atoms with Crippen LogP contribution in [-0.2, 0) is 24.2 Å². The third kappa shape index (κ3) is 8.73. The zero-order valence-corrected chi connectivity index (χ0v) is 27.0. The van der Waals surface area contributed by atoms with E-state index >= 15 is 0 Å². The van der Waals surface area contributed by atoms with E-state index in [0.717, 1.165) is 54.0 Å². The number of ether oxygens (including phenoxy) is 5. The van der Waals surface area contributed by atoms with Gasteiger partial charge in [-0.3, -0.25) is 9.69 Å². The molecule has 0 saturated heterocycles. The molecule has 1 aliphatic rings. The van der Waals surface area contributed by atoms with Gasteiger partial charge in [-0.2, -0.15) is 0 Å². The van der Waals surface area contributed by atoms with Crippen molar-refractivity contribution >= 4 is 5.91 Å². The number of methoxy groups -OCH3 is 3. The Morgan fingerprint density at radius 1 is 0.739 bits per heavy atom. The Hall–Kier alpha value is -4.69. The van der Waals surface area contributed by atoms with E-state index in [2.05, 4.69) is 28.4 Å². The van der Waals surface area contributed by atoms with Gasteiger partial charge in [0.1, 0.15) is 5.75 Å². The van der Waals surface area contributed by atoms with E-state index in [1.54, 1.807) is 21.3 Å². The second kappa shape index (κ2) is 16.6. The minimum Gasteiger partial charge on any atom is -0.494 e. The van der Waals surface area contributed by atoms with Crippen LogP contribution in [0.5, 0.6) is 28.7 Å². The van der Waals surface area contributed by atoms with Crippen molar-refractivity contribution in [3.05, 3.63) is 113 Å². The average Bonchev–Trinajstić information content (AvgIpc) is 3.10. The van der Waals surface area contributed by atoms with E-state index in [-0.39, 0.29) is 18.5 Å². The standard InChI is InChI=1S/C38H44N2O6/c1-42-34-17-16-29(23-35(34)43-2)22-33-32-25-37(46-21-11-10-20-45-31-14-8-5-9-15-31)36(44-3)24-30(32)18-19-40(33)27-38(41)39-26-28-12-6-4-7-13-28/h4-9,12-17,23-25,33H,10-11,18-22,26-27H2,1-3H3,(H,39,41). The van der Waals surface area contributed by atoms with Crippen LogP contribution in [-0.4, -0.2) is 58.4 Å². The number of carbonyl (C=O) groups is 1. The number of hydrogen-bond acceptors (Lipinski definition) is 7. The summed E-state index contributed by atoms with van der Waals surface area (Å²) in [6.45, 7) is 2.70. The van der Waals surface area contributed by atoms with Crippen LogP contribution < -0.4 is 29.0 Å². The number of nitrogens with one attached hydrogen (secondary N) is 1. The van der Waals surface area contributed by atoms with Gasteiger partial charge in [-0.1, -0.05) is 54.6 Å². The number of unbranched alkanes of at least 4 members (excludes halogenated alkanes) is 1. The summed E-state index contributed by atoms with van der Waals surface area (Å²) >= 11 is 0. The average molecular weight is 625 g/mol. The van der Waals surface area contributed by atoms with E-state index in [4.69, 9.17) is 23.7 Å². The lowest BCUT2D eigenvalue weighted by Gasteiger charge is -2.37. The fraction of sp³-hybridized carbons (Fsp3) is 0.342. The summed E-state index contributed by atoms with van der Waals surface area (Å²) in [6, 6.07) is 30.0. The normalized spacial score (nSPS) is 14.2.